The zero-order chi connectivity index (χ0) is 28.6. The number of aromatic nitrogens is 1. The highest BCUT2D eigenvalue weighted by Gasteiger charge is 2.35. The third-order valence-electron chi connectivity index (χ3n) is 7.34. The van der Waals surface area contributed by atoms with Gasteiger partial charge in [0.25, 0.3) is 0 Å². The minimum absolute atomic E-state index is 0.177. The van der Waals surface area contributed by atoms with E-state index in [1.807, 2.05) is 42.5 Å². The average molecular weight is 597 g/mol. The highest BCUT2D eigenvalue weighted by atomic mass is 35.5. The average Bonchev–Trinajstić information content (AvgIpc) is 3.35. The van der Waals surface area contributed by atoms with Gasteiger partial charge in [-0.2, -0.15) is 0 Å². The zero-order valence-electron chi connectivity index (χ0n) is 22.9. The van der Waals surface area contributed by atoms with Crippen LogP contribution in [0.3, 0.4) is 0 Å². The van der Waals surface area contributed by atoms with E-state index in [2.05, 4.69) is 10.3 Å². The molecule has 0 fully saturated rings. The number of nitrogens with zero attached hydrogens (tertiary/aromatic N) is 1. The molecule has 7 nitrogen and oxygen atoms in total. The monoisotopic (exact) mass is 595 g/mol. The molecule has 1 atom stereocenters. The number of amides is 1. The van der Waals surface area contributed by atoms with Crippen LogP contribution in [-0.2, 0) is 6.42 Å². The fourth-order valence-corrected chi connectivity index (χ4v) is 5.61. The summed E-state index contributed by atoms with van der Waals surface area (Å²) >= 11 is 12.3. The van der Waals surface area contributed by atoms with Gasteiger partial charge in [0.1, 0.15) is 17.5 Å². The maximum atomic E-state index is 13.5. The third kappa shape index (κ3) is 7.35. The SMILES string of the molecule is O=C(Oc1ccc(Cl)cc1)N1CCc2c([nH]c3ccc(Cl)cc23)C1c1ccc(OCCCCCCNCCO)cc1. The summed E-state index contributed by atoms with van der Waals surface area (Å²) in [5.74, 6) is 1.24. The van der Waals surface area contributed by atoms with E-state index < -0.39 is 6.09 Å². The molecule has 3 N–H and O–H groups in total. The van der Waals surface area contributed by atoms with Gasteiger partial charge in [0.15, 0.2) is 0 Å². The van der Waals surface area contributed by atoms with Gasteiger partial charge in [0, 0.05) is 39.7 Å². The second-order valence-electron chi connectivity index (χ2n) is 10.2. The van der Waals surface area contributed by atoms with Crippen LogP contribution in [0, 0.1) is 0 Å². The molecule has 0 aliphatic carbocycles. The molecule has 216 valence electrons. The number of carbonyl (C=O) groups is 1. The quantitative estimate of drug-likeness (QED) is 0.151. The summed E-state index contributed by atoms with van der Waals surface area (Å²) in [6.07, 6.45) is 4.55. The summed E-state index contributed by atoms with van der Waals surface area (Å²) < 4.78 is 11.8. The number of nitrogens with one attached hydrogen (secondary N) is 2. The van der Waals surface area contributed by atoms with Crippen LogP contribution < -0.4 is 14.8 Å². The van der Waals surface area contributed by atoms with Gasteiger partial charge < -0.3 is 24.9 Å². The lowest BCUT2D eigenvalue weighted by Gasteiger charge is -2.35. The minimum atomic E-state index is -0.424. The van der Waals surface area contributed by atoms with E-state index in [1.54, 1.807) is 29.2 Å². The minimum Gasteiger partial charge on any atom is -0.494 e. The van der Waals surface area contributed by atoms with Gasteiger partial charge in [-0.3, -0.25) is 4.90 Å². The molecule has 1 amide bonds. The standard InChI is InChI=1S/C32H35Cl2N3O4/c33-23-7-12-26(13-8-23)41-32(39)37-18-15-27-28-21-24(34)9-14-29(28)36-30(27)31(37)22-5-10-25(11-6-22)40-20-4-2-1-3-16-35-17-19-38/h5-14,21,31,35-36,38H,1-4,15-20H2. The maximum Gasteiger partial charge on any atom is 0.416 e. The first-order chi connectivity index (χ1) is 20.0. The molecule has 0 radical (unpaired) electrons. The lowest BCUT2D eigenvalue weighted by Crippen LogP contribution is -2.42. The highest BCUT2D eigenvalue weighted by Crippen LogP contribution is 2.40. The Balaban J connectivity index is 1.30. The number of unbranched alkanes of at least 4 members (excludes halogenated alkanes) is 3. The van der Waals surface area contributed by atoms with Crippen molar-refractivity contribution in [1.29, 1.82) is 0 Å². The number of H-pyrrole nitrogens is 1. The first-order valence-corrected chi connectivity index (χ1v) is 14.9. The number of ether oxygens (including phenoxy) is 2. The summed E-state index contributed by atoms with van der Waals surface area (Å²) in [6.45, 7) is 2.91. The first kappa shape index (κ1) is 29.3. The summed E-state index contributed by atoms with van der Waals surface area (Å²) in [5, 5.41) is 14.3. The van der Waals surface area contributed by atoms with Crippen LogP contribution in [0.2, 0.25) is 10.0 Å². The molecular formula is C32H35Cl2N3O4. The normalized spacial score (nSPS) is 14.7. The molecule has 9 heteroatoms. The molecule has 1 aliphatic rings. The van der Waals surface area contributed by atoms with Crippen molar-refractivity contribution in [3.63, 3.8) is 0 Å². The van der Waals surface area contributed by atoms with E-state index in [4.69, 9.17) is 37.8 Å². The highest BCUT2D eigenvalue weighted by molar-refractivity contribution is 6.31. The van der Waals surface area contributed by atoms with E-state index in [0.29, 0.717) is 41.9 Å². The van der Waals surface area contributed by atoms with Gasteiger partial charge in [-0.25, -0.2) is 4.79 Å². The van der Waals surface area contributed by atoms with Crippen molar-refractivity contribution in [2.24, 2.45) is 0 Å². The number of hydrogen-bond acceptors (Lipinski definition) is 5. The van der Waals surface area contributed by atoms with Crippen LogP contribution in [0.5, 0.6) is 11.5 Å². The Morgan fingerprint density at radius 1 is 0.927 bits per heavy atom. The van der Waals surface area contributed by atoms with Crippen molar-refractivity contribution in [3.05, 3.63) is 93.6 Å². The fourth-order valence-electron chi connectivity index (χ4n) is 5.31. The Bertz CT molecular complexity index is 1440. The summed E-state index contributed by atoms with van der Waals surface area (Å²) in [4.78, 5) is 18.8. The molecule has 1 aromatic heterocycles. The largest absolute Gasteiger partial charge is 0.494 e. The predicted octanol–water partition coefficient (Wildman–Crippen LogP) is 7.14. The van der Waals surface area contributed by atoms with Gasteiger partial charge in [0.2, 0.25) is 0 Å². The summed E-state index contributed by atoms with van der Waals surface area (Å²) in [6, 6.07) is 20.2. The zero-order valence-corrected chi connectivity index (χ0v) is 24.4. The lowest BCUT2D eigenvalue weighted by molar-refractivity contribution is 0.135. The van der Waals surface area contributed by atoms with Crippen LogP contribution in [0.1, 0.15) is 48.5 Å². The van der Waals surface area contributed by atoms with Crippen molar-refractivity contribution in [2.75, 3.05) is 32.8 Å². The molecule has 1 aliphatic heterocycles. The Hall–Kier alpha value is -3.23. The number of benzene rings is 3. The van der Waals surface area contributed by atoms with Crippen molar-refractivity contribution in [1.82, 2.24) is 15.2 Å². The summed E-state index contributed by atoms with van der Waals surface area (Å²) in [5.41, 5.74) is 4.07. The van der Waals surface area contributed by atoms with Crippen LogP contribution in [0.25, 0.3) is 10.9 Å². The van der Waals surface area contributed by atoms with Crippen molar-refractivity contribution in [2.45, 2.75) is 38.1 Å². The Morgan fingerprint density at radius 2 is 1.66 bits per heavy atom. The van der Waals surface area contributed by atoms with Crippen molar-refractivity contribution >= 4 is 40.2 Å². The number of fused-ring (bicyclic) bond motifs is 3. The number of carbonyl (C=O) groups excluding carboxylic acids is 1. The van der Waals surface area contributed by atoms with Gasteiger partial charge >= 0.3 is 6.09 Å². The van der Waals surface area contributed by atoms with E-state index >= 15 is 0 Å². The van der Waals surface area contributed by atoms with Crippen molar-refractivity contribution < 1.29 is 19.4 Å². The van der Waals surface area contributed by atoms with E-state index in [0.717, 1.165) is 65.7 Å². The number of aliphatic hydroxyl groups is 1. The van der Waals surface area contributed by atoms with Gasteiger partial charge in [-0.05, 0) is 91.5 Å². The molecule has 4 aromatic rings. The van der Waals surface area contributed by atoms with Crippen molar-refractivity contribution in [3.8, 4) is 11.5 Å². The summed E-state index contributed by atoms with van der Waals surface area (Å²) in [7, 11) is 0. The molecule has 0 saturated heterocycles. The lowest BCUT2D eigenvalue weighted by atomic mass is 9.92. The maximum absolute atomic E-state index is 13.5. The second-order valence-corrected chi connectivity index (χ2v) is 11.1. The molecule has 3 aromatic carbocycles. The number of aliphatic hydroxyl groups excluding tert-OH is 1. The van der Waals surface area contributed by atoms with Gasteiger partial charge in [-0.1, -0.05) is 48.2 Å². The van der Waals surface area contributed by atoms with E-state index in [9.17, 15) is 4.79 Å². The smallest absolute Gasteiger partial charge is 0.416 e. The first-order valence-electron chi connectivity index (χ1n) is 14.1. The molecule has 0 bridgehead atoms. The molecule has 2 heterocycles. The number of halogens is 2. The van der Waals surface area contributed by atoms with Crippen LogP contribution in [0.4, 0.5) is 4.79 Å². The predicted molar refractivity (Wildman–Crippen MR) is 163 cm³/mol. The van der Waals surface area contributed by atoms with Gasteiger partial charge in [0.05, 0.1) is 13.2 Å². The number of aromatic amines is 1. The molecule has 0 spiro atoms. The Kier molecular flexibility index (Phi) is 10.1. The Morgan fingerprint density at radius 3 is 2.44 bits per heavy atom. The number of hydrogen-bond donors (Lipinski definition) is 3. The fraction of sp³-hybridized carbons (Fsp3) is 0.344. The molecular weight excluding hydrogens is 561 g/mol. The molecule has 0 saturated carbocycles. The molecule has 5 rings (SSSR count). The topological polar surface area (TPSA) is 86.8 Å². The second kappa shape index (κ2) is 14.1. The van der Waals surface area contributed by atoms with E-state index in [-0.39, 0.29) is 12.6 Å². The Labute approximate surface area is 250 Å². The van der Waals surface area contributed by atoms with Crippen LogP contribution >= 0.6 is 23.2 Å². The van der Waals surface area contributed by atoms with Crippen LogP contribution in [-0.4, -0.2) is 53.9 Å². The molecule has 1 unspecified atom stereocenters. The van der Waals surface area contributed by atoms with E-state index in [1.165, 1.54) is 0 Å². The molecule has 41 heavy (non-hydrogen) atoms. The van der Waals surface area contributed by atoms with Gasteiger partial charge in [-0.15, -0.1) is 0 Å². The van der Waals surface area contributed by atoms with Crippen LogP contribution in [0.15, 0.2) is 66.7 Å². The number of rotatable bonds is 12. The third-order valence-corrected chi connectivity index (χ3v) is 7.83.